The SMILES string of the molecule is OCCCCCCCCCCCCCCCCCCN1CCOCC1. The van der Waals surface area contributed by atoms with Gasteiger partial charge < -0.3 is 9.84 Å². The van der Waals surface area contributed by atoms with Crippen LogP contribution in [0.1, 0.15) is 103 Å². The van der Waals surface area contributed by atoms with Crippen LogP contribution in [0.15, 0.2) is 0 Å². The van der Waals surface area contributed by atoms with E-state index in [1.54, 1.807) is 0 Å². The summed E-state index contributed by atoms with van der Waals surface area (Å²) in [6.07, 6.45) is 22.0. The maximum atomic E-state index is 8.73. The van der Waals surface area contributed by atoms with E-state index >= 15 is 0 Å². The summed E-state index contributed by atoms with van der Waals surface area (Å²) >= 11 is 0. The zero-order valence-electron chi connectivity index (χ0n) is 16.9. The van der Waals surface area contributed by atoms with Crippen molar-refractivity contribution in [1.29, 1.82) is 0 Å². The lowest BCUT2D eigenvalue weighted by molar-refractivity contribution is 0.0371. The predicted octanol–water partition coefficient (Wildman–Crippen LogP) is 5.55. The molecule has 150 valence electrons. The number of aliphatic hydroxyl groups excluding tert-OH is 1. The van der Waals surface area contributed by atoms with Crippen LogP contribution in [0.2, 0.25) is 0 Å². The smallest absolute Gasteiger partial charge is 0.0594 e. The average molecular weight is 356 g/mol. The Morgan fingerprint density at radius 1 is 0.520 bits per heavy atom. The molecular formula is C22H45NO2. The highest BCUT2D eigenvalue weighted by Gasteiger charge is 2.08. The Morgan fingerprint density at radius 2 is 0.880 bits per heavy atom. The first-order valence-corrected chi connectivity index (χ1v) is 11.3. The van der Waals surface area contributed by atoms with Crippen molar-refractivity contribution in [3.63, 3.8) is 0 Å². The molecule has 0 atom stereocenters. The molecule has 1 saturated heterocycles. The summed E-state index contributed by atoms with van der Waals surface area (Å²) < 4.78 is 5.39. The van der Waals surface area contributed by atoms with Crippen LogP contribution in [-0.4, -0.2) is 49.5 Å². The van der Waals surface area contributed by atoms with Crippen molar-refractivity contribution in [1.82, 2.24) is 4.90 Å². The normalized spacial score (nSPS) is 15.7. The van der Waals surface area contributed by atoms with E-state index < -0.39 is 0 Å². The van der Waals surface area contributed by atoms with Crippen molar-refractivity contribution in [2.24, 2.45) is 0 Å². The first-order valence-electron chi connectivity index (χ1n) is 11.3. The first kappa shape index (κ1) is 22.9. The Labute approximate surface area is 157 Å². The van der Waals surface area contributed by atoms with Crippen molar-refractivity contribution in [3.8, 4) is 0 Å². The third kappa shape index (κ3) is 15.8. The van der Waals surface area contributed by atoms with Gasteiger partial charge in [0.05, 0.1) is 13.2 Å². The molecular weight excluding hydrogens is 310 g/mol. The van der Waals surface area contributed by atoms with E-state index in [1.807, 2.05) is 0 Å². The van der Waals surface area contributed by atoms with Gasteiger partial charge in [-0.15, -0.1) is 0 Å². The van der Waals surface area contributed by atoms with Crippen LogP contribution in [0.4, 0.5) is 0 Å². The molecule has 0 aliphatic carbocycles. The minimum Gasteiger partial charge on any atom is -0.396 e. The van der Waals surface area contributed by atoms with Gasteiger partial charge in [0, 0.05) is 19.7 Å². The summed E-state index contributed by atoms with van der Waals surface area (Å²) in [6.45, 7) is 5.81. The fraction of sp³-hybridized carbons (Fsp3) is 1.00. The van der Waals surface area contributed by atoms with E-state index in [-0.39, 0.29) is 0 Å². The lowest BCUT2D eigenvalue weighted by Crippen LogP contribution is -2.36. The van der Waals surface area contributed by atoms with Crippen LogP contribution >= 0.6 is 0 Å². The Bertz CT molecular complexity index is 254. The number of morpholine rings is 1. The fourth-order valence-electron chi connectivity index (χ4n) is 3.75. The van der Waals surface area contributed by atoms with Crippen LogP contribution in [0.5, 0.6) is 0 Å². The van der Waals surface area contributed by atoms with Gasteiger partial charge in [-0.3, -0.25) is 4.90 Å². The Kier molecular flexibility index (Phi) is 17.1. The summed E-state index contributed by atoms with van der Waals surface area (Å²) in [5, 5.41) is 8.73. The number of rotatable bonds is 18. The Morgan fingerprint density at radius 3 is 1.28 bits per heavy atom. The molecule has 0 saturated carbocycles. The maximum absolute atomic E-state index is 8.73. The van der Waals surface area contributed by atoms with Crippen molar-refractivity contribution >= 4 is 0 Å². The van der Waals surface area contributed by atoms with Gasteiger partial charge in [-0.05, 0) is 19.4 Å². The Hall–Kier alpha value is -0.120. The topological polar surface area (TPSA) is 32.7 Å². The van der Waals surface area contributed by atoms with Gasteiger partial charge in [0.15, 0.2) is 0 Å². The second-order valence-corrected chi connectivity index (χ2v) is 7.83. The third-order valence-corrected chi connectivity index (χ3v) is 5.49. The summed E-state index contributed by atoms with van der Waals surface area (Å²) in [6, 6.07) is 0. The van der Waals surface area contributed by atoms with Gasteiger partial charge >= 0.3 is 0 Å². The molecule has 0 radical (unpaired) electrons. The van der Waals surface area contributed by atoms with E-state index in [9.17, 15) is 0 Å². The average Bonchev–Trinajstić information content (AvgIpc) is 2.65. The van der Waals surface area contributed by atoms with Gasteiger partial charge in [0.2, 0.25) is 0 Å². The minimum absolute atomic E-state index is 0.369. The second-order valence-electron chi connectivity index (χ2n) is 7.83. The molecule has 1 rings (SSSR count). The highest BCUT2D eigenvalue weighted by atomic mass is 16.5. The van der Waals surface area contributed by atoms with Crippen LogP contribution in [0.25, 0.3) is 0 Å². The molecule has 0 unspecified atom stereocenters. The molecule has 0 aromatic rings. The summed E-state index contributed by atoms with van der Waals surface area (Å²) in [5.41, 5.74) is 0. The van der Waals surface area contributed by atoms with Crippen molar-refractivity contribution in [3.05, 3.63) is 0 Å². The molecule has 0 bridgehead atoms. The molecule has 1 aliphatic rings. The predicted molar refractivity (Wildman–Crippen MR) is 108 cm³/mol. The van der Waals surface area contributed by atoms with Crippen LogP contribution < -0.4 is 0 Å². The molecule has 1 fully saturated rings. The van der Waals surface area contributed by atoms with Crippen molar-refractivity contribution in [2.75, 3.05) is 39.5 Å². The van der Waals surface area contributed by atoms with Gasteiger partial charge in [-0.25, -0.2) is 0 Å². The van der Waals surface area contributed by atoms with Crippen molar-refractivity contribution in [2.45, 2.75) is 103 Å². The highest BCUT2D eigenvalue weighted by Crippen LogP contribution is 2.14. The van der Waals surface area contributed by atoms with E-state index in [1.165, 1.54) is 103 Å². The minimum atomic E-state index is 0.369. The van der Waals surface area contributed by atoms with Gasteiger partial charge in [0.1, 0.15) is 0 Å². The van der Waals surface area contributed by atoms with Crippen LogP contribution in [0, 0.1) is 0 Å². The Balaban J connectivity index is 1.65. The molecule has 0 aromatic carbocycles. The number of unbranched alkanes of at least 4 members (excludes halogenated alkanes) is 15. The summed E-state index contributed by atoms with van der Waals surface area (Å²) in [7, 11) is 0. The molecule has 0 aromatic heterocycles. The zero-order valence-corrected chi connectivity index (χ0v) is 16.9. The lowest BCUT2D eigenvalue weighted by Gasteiger charge is -2.26. The number of nitrogens with zero attached hydrogens (tertiary/aromatic N) is 1. The number of hydrogen-bond donors (Lipinski definition) is 1. The molecule has 1 aliphatic heterocycles. The molecule has 0 amide bonds. The second kappa shape index (κ2) is 18.7. The monoisotopic (exact) mass is 355 g/mol. The van der Waals surface area contributed by atoms with E-state index in [0.717, 1.165) is 32.7 Å². The number of aliphatic hydroxyl groups is 1. The largest absolute Gasteiger partial charge is 0.396 e. The summed E-state index contributed by atoms with van der Waals surface area (Å²) in [5.74, 6) is 0. The van der Waals surface area contributed by atoms with E-state index in [0.29, 0.717) is 6.61 Å². The summed E-state index contributed by atoms with van der Waals surface area (Å²) in [4.78, 5) is 2.55. The molecule has 1 heterocycles. The van der Waals surface area contributed by atoms with Gasteiger partial charge in [0.25, 0.3) is 0 Å². The molecule has 3 heteroatoms. The lowest BCUT2D eigenvalue weighted by atomic mass is 10.0. The molecule has 0 spiro atoms. The van der Waals surface area contributed by atoms with E-state index in [4.69, 9.17) is 9.84 Å². The number of hydrogen-bond acceptors (Lipinski definition) is 3. The fourth-order valence-corrected chi connectivity index (χ4v) is 3.75. The van der Waals surface area contributed by atoms with Crippen molar-refractivity contribution < 1.29 is 9.84 Å². The molecule has 3 nitrogen and oxygen atoms in total. The molecule has 1 N–H and O–H groups in total. The van der Waals surface area contributed by atoms with Crippen LogP contribution in [-0.2, 0) is 4.74 Å². The van der Waals surface area contributed by atoms with Gasteiger partial charge in [-0.1, -0.05) is 89.9 Å². The van der Waals surface area contributed by atoms with E-state index in [2.05, 4.69) is 4.90 Å². The third-order valence-electron chi connectivity index (χ3n) is 5.49. The maximum Gasteiger partial charge on any atom is 0.0594 e. The quantitative estimate of drug-likeness (QED) is 0.327. The molecule has 25 heavy (non-hydrogen) atoms. The number of ether oxygens (including phenoxy) is 1. The van der Waals surface area contributed by atoms with Gasteiger partial charge in [-0.2, -0.15) is 0 Å². The van der Waals surface area contributed by atoms with Crippen LogP contribution in [0.3, 0.4) is 0 Å². The first-order chi connectivity index (χ1) is 12.4. The zero-order chi connectivity index (χ0) is 17.8. The highest BCUT2D eigenvalue weighted by molar-refractivity contribution is 4.61. The standard InChI is InChI=1S/C22H45NO2/c24-20-16-14-12-10-8-6-4-2-1-3-5-7-9-11-13-15-17-23-18-21-25-22-19-23/h24H,1-22H2.